The van der Waals surface area contributed by atoms with Crippen LogP contribution in [-0.4, -0.2) is 57.0 Å². The summed E-state index contributed by atoms with van der Waals surface area (Å²) < 4.78 is 27.1. The summed E-state index contributed by atoms with van der Waals surface area (Å²) in [6, 6.07) is 5.66. The van der Waals surface area contributed by atoms with Crippen LogP contribution < -0.4 is 0 Å². The molecule has 3 heterocycles. The van der Waals surface area contributed by atoms with E-state index in [1.165, 1.54) is 0 Å². The lowest BCUT2D eigenvalue weighted by atomic mass is 9.91. The number of pyridine rings is 1. The van der Waals surface area contributed by atoms with Crippen LogP contribution in [0, 0.1) is 0 Å². The first-order valence-corrected chi connectivity index (χ1v) is 10.9. The minimum atomic E-state index is -2.57. The highest BCUT2D eigenvalue weighted by Gasteiger charge is 2.39. The molecule has 2 aliphatic heterocycles. The Kier molecular flexibility index (Phi) is 4.98. The summed E-state index contributed by atoms with van der Waals surface area (Å²) in [6.45, 7) is 1.70. The topological polar surface area (TPSA) is 56.7 Å². The van der Waals surface area contributed by atoms with Crippen molar-refractivity contribution in [3.05, 3.63) is 41.1 Å². The summed E-state index contributed by atoms with van der Waals surface area (Å²) >= 11 is 0. The number of likely N-dealkylation sites (tertiary alicyclic amines) is 1. The van der Waals surface area contributed by atoms with E-state index in [2.05, 4.69) is 4.98 Å². The molecule has 5 rings (SSSR count). The van der Waals surface area contributed by atoms with Crippen LogP contribution in [0.2, 0.25) is 0 Å². The van der Waals surface area contributed by atoms with E-state index in [1.54, 1.807) is 6.20 Å². The number of piperidine rings is 1. The molecule has 2 fully saturated rings. The predicted octanol–water partition coefficient (Wildman–Crippen LogP) is 3.73. The third-order valence-electron chi connectivity index (χ3n) is 6.98. The van der Waals surface area contributed by atoms with Crippen molar-refractivity contribution in [3.63, 3.8) is 0 Å². The molecule has 0 radical (unpaired) electrons. The second-order valence-electron chi connectivity index (χ2n) is 8.95. The average molecular weight is 415 g/mol. The van der Waals surface area contributed by atoms with Crippen molar-refractivity contribution in [1.29, 1.82) is 0 Å². The number of carbonyl (C=O) groups excluding carboxylic acids is 1. The number of rotatable bonds is 3. The van der Waals surface area contributed by atoms with E-state index in [9.17, 15) is 18.7 Å². The maximum Gasteiger partial charge on any atom is 0.254 e. The highest BCUT2D eigenvalue weighted by Crippen LogP contribution is 2.36. The zero-order valence-electron chi connectivity index (χ0n) is 17.0. The van der Waals surface area contributed by atoms with Gasteiger partial charge in [0.25, 0.3) is 11.8 Å². The van der Waals surface area contributed by atoms with Gasteiger partial charge in [-0.15, -0.1) is 0 Å². The maximum absolute atomic E-state index is 13.5. The zero-order chi connectivity index (χ0) is 20.9. The number of aliphatic hydroxyl groups is 1. The molecule has 2 atom stereocenters. The number of benzene rings is 1. The second-order valence-corrected chi connectivity index (χ2v) is 8.95. The summed E-state index contributed by atoms with van der Waals surface area (Å²) in [6.07, 6.45) is 4.57. The van der Waals surface area contributed by atoms with Gasteiger partial charge in [-0.25, -0.2) is 8.78 Å². The Labute approximate surface area is 174 Å². The number of nitrogens with zero attached hydrogens (tertiary/aromatic N) is 3. The van der Waals surface area contributed by atoms with E-state index in [0.29, 0.717) is 31.7 Å². The third kappa shape index (κ3) is 3.48. The van der Waals surface area contributed by atoms with Gasteiger partial charge in [-0.1, -0.05) is 18.9 Å². The van der Waals surface area contributed by atoms with Crippen molar-refractivity contribution < 1.29 is 18.7 Å². The highest BCUT2D eigenvalue weighted by molar-refractivity contribution is 6.04. The highest BCUT2D eigenvalue weighted by atomic mass is 19.3. The van der Waals surface area contributed by atoms with E-state index in [0.717, 1.165) is 47.7 Å². The molecular formula is C23H27F2N3O2. The van der Waals surface area contributed by atoms with Gasteiger partial charge in [-0.2, -0.15) is 0 Å². The molecule has 1 aromatic carbocycles. The van der Waals surface area contributed by atoms with Gasteiger partial charge in [0.15, 0.2) is 0 Å². The minimum Gasteiger partial charge on any atom is -0.391 e. The zero-order valence-corrected chi connectivity index (χ0v) is 17.0. The summed E-state index contributed by atoms with van der Waals surface area (Å²) in [5.74, 6) is -2.62. The van der Waals surface area contributed by atoms with E-state index < -0.39 is 12.0 Å². The summed E-state index contributed by atoms with van der Waals surface area (Å²) in [4.78, 5) is 21.7. The van der Waals surface area contributed by atoms with Crippen molar-refractivity contribution in [2.24, 2.45) is 0 Å². The maximum atomic E-state index is 13.5. The fourth-order valence-corrected chi connectivity index (χ4v) is 5.25. The molecule has 2 unspecified atom stereocenters. The Morgan fingerprint density at radius 1 is 1.20 bits per heavy atom. The number of amides is 1. The molecule has 1 saturated heterocycles. The number of aliphatic hydroxyl groups excluding tert-OH is 1. The van der Waals surface area contributed by atoms with Crippen LogP contribution in [0.5, 0.6) is 0 Å². The fraction of sp³-hybridized carbons (Fsp3) is 0.565. The van der Waals surface area contributed by atoms with Gasteiger partial charge >= 0.3 is 0 Å². The number of aromatic nitrogens is 1. The minimum absolute atomic E-state index is 0.0464. The molecule has 3 aliphatic rings. The van der Waals surface area contributed by atoms with E-state index in [-0.39, 0.29) is 24.8 Å². The SMILES string of the molecule is O=C1c2cc(CN3CCC(F)(F)CC3)c3cccnc3c2CN1C1CCCCC1O. The summed E-state index contributed by atoms with van der Waals surface area (Å²) in [5.41, 5.74) is 3.34. The van der Waals surface area contributed by atoms with Crippen LogP contribution in [0.4, 0.5) is 8.78 Å². The number of hydrogen-bond donors (Lipinski definition) is 1. The van der Waals surface area contributed by atoms with Gasteiger partial charge in [0, 0.05) is 61.7 Å². The van der Waals surface area contributed by atoms with E-state index in [4.69, 9.17) is 0 Å². The Hall–Kier alpha value is -2.12. The number of hydrogen-bond acceptors (Lipinski definition) is 4. The number of fused-ring (bicyclic) bond motifs is 3. The molecule has 160 valence electrons. The van der Waals surface area contributed by atoms with E-state index >= 15 is 0 Å². The van der Waals surface area contributed by atoms with Crippen molar-refractivity contribution in [2.45, 2.75) is 69.7 Å². The lowest BCUT2D eigenvalue weighted by Gasteiger charge is -2.35. The van der Waals surface area contributed by atoms with Crippen molar-refractivity contribution in [2.75, 3.05) is 13.1 Å². The molecule has 1 N–H and O–H groups in total. The first kappa shape index (κ1) is 19.8. The Bertz CT molecular complexity index is 970. The van der Waals surface area contributed by atoms with Crippen LogP contribution in [0.1, 0.15) is 60.0 Å². The molecule has 30 heavy (non-hydrogen) atoms. The monoisotopic (exact) mass is 415 g/mol. The van der Waals surface area contributed by atoms with Crippen LogP contribution >= 0.6 is 0 Å². The normalized spacial score (nSPS) is 26.9. The van der Waals surface area contributed by atoms with Gasteiger partial charge in [0.2, 0.25) is 0 Å². The predicted molar refractivity (Wildman–Crippen MR) is 109 cm³/mol. The standard InChI is InChI=1S/C23H27F2N3O2/c24-23(25)7-10-27(11-8-23)13-15-12-17-18(21-16(15)4-3-9-26-21)14-28(22(17)30)19-5-1-2-6-20(19)29/h3-4,9,12,19-20,29H,1-2,5-8,10-11,13-14H2. The molecule has 1 amide bonds. The number of alkyl halides is 2. The first-order valence-electron chi connectivity index (χ1n) is 10.9. The molecular weight excluding hydrogens is 388 g/mol. The van der Waals surface area contributed by atoms with Crippen LogP contribution in [0.25, 0.3) is 10.9 Å². The van der Waals surface area contributed by atoms with Gasteiger partial charge < -0.3 is 10.0 Å². The summed E-state index contributed by atoms with van der Waals surface area (Å²) in [5, 5.41) is 11.5. The van der Waals surface area contributed by atoms with Crippen LogP contribution in [0.3, 0.4) is 0 Å². The molecule has 7 heteroatoms. The quantitative estimate of drug-likeness (QED) is 0.830. The summed E-state index contributed by atoms with van der Waals surface area (Å²) in [7, 11) is 0. The number of carbonyl (C=O) groups is 1. The molecule has 5 nitrogen and oxygen atoms in total. The smallest absolute Gasteiger partial charge is 0.254 e. The Balaban J connectivity index is 1.47. The van der Waals surface area contributed by atoms with Crippen LogP contribution in [0.15, 0.2) is 24.4 Å². The molecule has 0 bridgehead atoms. The molecule has 2 aromatic rings. The van der Waals surface area contributed by atoms with Gasteiger partial charge in [-0.05, 0) is 30.5 Å². The van der Waals surface area contributed by atoms with Gasteiger partial charge in [0.1, 0.15) is 0 Å². The average Bonchev–Trinajstić information content (AvgIpc) is 3.07. The third-order valence-corrected chi connectivity index (χ3v) is 6.98. The van der Waals surface area contributed by atoms with Crippen molar-refractivity contribution in [3.8, 4) is 0 Å². The lowest BCUT2D eigenvalue weighted by Crippen LogP contribution is -2.45. The lowest BCUT2D eigenvalue weighted by molar-refractivity contribution is -0.0565. The number of halogens is 2. The molecule has 1 aliphatic carbocycles. The van der Waals surface area contributed by atoms with Gasteiger partial charge in [-0.3, -0.25) is 14.7 Å². The fourth-order valence-electron chi connectivity index (χ4n) is 5.25. The van der Waals surface area contributed by atoms with Gasteiger partial charge in [0.05, 0.1) is 17.7 Å². The first-order chi connectivity index (χ1) is 14.4. The molecule has 1 saturated carbocycles. The Morgan fingerprint density at radius 3 is 2.73 bits per heavy atom. The van der Waals surface area contributed by atoms with Crippen molar-refractivity contribution in [1.82, 2.24) is 14.8 Å². The Morgan fingerprint density at radius 2 is 1.97 bits per heavy atom. The van der Waals surface area contributed by atoms with Crippen LogP contribution in [-0.2, 0) is 13.1 Å². The van der Waals surface area contributed by atoms with Crippen molar-refractivity contribution >= 4 is 16.8 Å². The largest absolute Gasteiger partial charge is 0.391 e. The molecule has 0 spiro atoms. The second kappa shape index (κ2) is 7.54. The van der Waals surface area contributed by atoms with E-state index in [1.807, 2.05) is 28.0 Å². The molecule has 1 aromatic heterocycles.